The van der Waals surface area contributed by atoms with Crippen molar-refractivity contribution in [2.45, 2.75) is 446 Å². The topological polar surface area (TPSA) is 237 Å². The largest absolute Gasteiger partial charge is 0.472 e. The lowest BCUT2D eigenvalue weighted by Gasteiger charge is -2.21. The fourth-order valence-corrected chi connectivity index (χ4v) is 14.2. The van der Waals surface area contributed by atoms with Crippen LogP contribution in [0.1, 0.15) is 427 Å². The third-order valence-electron chi connectivity index (χ3n) is 19.5. The van der Waals surface area contributed by atoms with Gasteiger partial charge in [0.15, 0.2) is 12.2 Å². The minimum atomic E-state index is -4.96. The maximum atomic E-state index is 13.1. The van der Waals surface area contributed by atoms with Crippen LogP contribution in [0.3, 0.4) is 0 Å². The average molecular weight is 1480 g/mol. The molecule has 0 fully saturated rings. The van der Waals surface area contributed by atoms with Gasteiger partial charge in [-0.1, -0.05) is 376 Å². The van der Waals surface area contributed by atoms with E-state index in [4.69, 9.17) is 37.0 Å². The molecule has 0 aromatic heterocycles. The minimum absolute atomic E-state index is 0.108. The molecule has 0 aliphatic rings. The van der Waals surface area contributed by atoms with E-state index in [0.29, 0.717) is 25.7 Å². The summed E-state index contributed by atoms with van der Waals surface area (Å²) in [6, 6.07) is 0. The second-order valence-electron chi connectivity index (χ2n) is 30.7. The summed E-state index contributed by atoms with van der Waals surface area (Å²) in [7, 11) is -9.92. The van der Waals surface area contributed by atoms with Crippen LogP contribution in [0.4, 0.5) is 0 Å². The van der Waals surface area contributed by atoms with E-state index in [0.717, 1.165) is 108 Å². The molecule has 600 valence electrons. The van der Waals surface area contributed by atoms with E-state index in [9.17, 15) is 43.2 Å². The highest BCUT2D eigenvalue weighted by Crippen LogP contribution is 2.45. The highest BCUT2D eigenvalue weighted by molar-refractivity contribution is 7.47. The van der Waals surface area contributed by atoms with Gasteiger partial charge in [-0.3, -0.25) is 37.3 Å². The summed E-state index contributed by atoms with van der Waals surface area (Å²) in [5.41, 5.74) is 0. The van der Waals surface area contributed by atoms with Crippen LogP contribution >= 0.6 is 15.6 Å². The van der Waals surface area contributed by atoms with Gasteiger partial charge in [-0.05, 0) is 43.4 Å². The zero-order valence-corrected chi connectivity index (χ0v) is 68.2. The van der Waals surface area contributed by atoms with Crippen LogP contribution in [0.25, 0.3) is 0 Å². The van der Waals surface area contributed by atoms with E-state index in [1.165, 1.54) is 238 Å². The number of aliphatic hydroxyl groups excluding tert-OH is 1. The van der Waals surface area contributed by atoms with Crippen LogP contribution in [0, 0.1) is 17.8 Å². The van der Waals surface area contributed by atoms with Crippen molar-refractivity contribution < 1.29 is 80.2 Å². The fourth-order valence-electron chi connectivity index (χ4n) is 12.6. The van der Waals surface area contributed by atoms with Gasteiger partial charge < -0.3 is 33.8 Å². The van der Waals surface area contributed by atoms with Crippen LogP contribution in [0.2, 0.25) is 0 Å². The van der Waals surface area contributed by atoms with E-state index >= 15 is 0 Å². The Balaban J connectivity index is 5.26. The predicted molar refractivity (Wildman–Crippen MR) is 414 cm³/mol. The van der Waals surface area contributed by atoms with Crippen molar-refractivity contribution in [3.05, 3.63) is 0 Å². The molecule has 17 nitrogen and oxygen atoms in total. The van der Waals surface area contributed by atoms with Crippen molar-refractivity contribution >= 4 is 39.5 Å². The van der Waals surface area contributed by atoms with E-state index in [-0.39, 0.29) is 25.7 Å². The number of phosphoric ester groups is 2. The number of carbonyl (C=O) groups is 4. The van der Waals surface area contributed by atoms with Gasteiger partial charge in [0.2, 0.25) is 0 Å². The van der Waals surface area contributed by atoms with Crippen LogP contribution in [-0.4, -0.2) is 96.7 Å². The maximum Gasteiger partial charge on any atom is 0.472 e. The zero-order chi connectivity index (χ0) is 74.4. The Labute approximate surface area is 619 Å². The average Bonchev–Trinajstić information content (AvgIpc) is 0.912. The number of phosphoric acid groups is 2. The van der Waals surface area contributed by atoms with Gasteiger partial charge in [0.05, 0.1) is 26.4 Å². The number of ether oxygens (including phenoxy) is 4. The van der Waals surface area contributed by atoms with Crippen molar-refractivity contribution in [1.29, 1.82) is 0 Å². The first kappa shape index (κ1) is 99.1. The van der Waals surface area contributed by atoms with Gasteiger partial charge in [0.25, 0.3) is 0 Å². The molecular formula is C82H160O17P2. The summed E-state index contributed by atoms with van der Waals surface area (Å²) in [6.45, 7) is 12.0. The van der Waals surface area contributed by atoms with Crippen molar-refractivity contribution in [3.8, 4) is 0 Å². The summed E-state index contributed by atoms with van der Waals surface area (Å²) in [6.07, 6.45) is 60.9. The third kappa shape index (κ3) is 74.7. The maximum absolute atomic E-state index is 13.1. The molecule has 3 unspecified atom stereocenters. The zero-order valence-electron chi connectivity index (χ0n) is 66.4. The molecule has 0 aromatic carbocycles. The fraction of sp³-hybridized carbons (Fsp3) is 0.951. The molecule has 0 aromatic rings. The molecule has 0 aliphatic carbocycles. The third-order valence-corrected chi connectivity index (χ3v) is 21.4. The van der Waals surface area contributed by atoms with Crippen molar-refractivity contribution in [2.24, 2.45) is 17.8 Å². The Morgan fingerprint density at radius 1 is 0.287 bits per heavy atom. The summed E-state index contributed by atoms with van der Waals surface area (Å²) in [5.74, 6) is 0.263. The number of carbonyl (C=O) groups excluding carboxylic acids is 4. The van der Waals surface area contributed by atoms with Gasteiger partial charge in [0.1, 0.15) is 19.3 Å². The molecule has 3 N–H and O–H groups in total. The summed E-state index contributed by atoms with van der Waals surface area (Å²) >= 11 is 0. The van der Waals surface area contributed by atoms with Gasteiger partial charge >= 0.3 is 39.5 Å². The highest BCUT2D eigenvalue weighted by Gasteiger charge is 2.30. The van der Waals surface area contributed by atoms with Crippen LogP contribution in [0.5, 0.6) is 0 Å². The number of esters is 4. The Kier molecular flexibility index (Phi) is 70.9. The quantitative estimate of drug-likeness (QED) is 0.0222. The number of hydrogen-bond acceptors (Lipinski definition) is 15. The second-order valence-corrected chi connectivity index (χ2v) is 33.6. The Hall–Kier alpha value is -1.94. The lowest BCUT2D eigenvalue weighted by atomic mass is 9.99. The summed E-state index contributed by atoms with van der Waals surface area (Å²) in [5, 5.41) is 10.7. The molecule has 0 heterocycles. The molecule has 0 spiro atoms. The lowest BCUT2D eigenvalue weighted by Crippen LogP contribution is -2.30. The molecule has 0 saturated heterocycles. The second kappa shape index (κ2) is 72.3. The van der Waals surface area contributed by atoms with Crippen molar-refractivity contribution in [3.63, 3.8) is 0 Å². The molecule has 0 aliphatic heterocycles. The van der Waals surface area contributed by atoms with E-state index in [1.807, 2.05) is 0 Å². The minimum Gasteiger partial charge on any atom is -0.462 e. The molecule has 0 saturated carbocycles. The molecular weight excluding hydrogens is 1320 g/mol. The molecule has 6 atom stereocenters. The molecule has 0 rings (SSSR count). The first-order valence-corrected chi connectivity index (χ1v) is 45.4. The highest BCUT2D eigenvalue weighted by atomic mass is 31.2. The Morgan fingerprint density at radius 3 is 0.752 bits per heavy atom. The van der Waals surface area contributed by atoms with Crippen molar-refractivity contribution in [1.82, 2.24) is 0 Å². The van der Waals surface area contributed by atoms with E-state index < -0.39 is 97.5 Å². The van der Waals surface area contributed by atoms with Gasteiger partial charge in [0, 0.05) is 25.7 Å². The Morgan fingerprint density at radius 2 is 0.505 bits per heavy atom. The first-order valence-electron chi connectivity index (χ1n) is 42.4. The Bertz CT molecular complexity index is 1960. The SMILES string of the molecule is CCCCCCCCCCCCCCCCCC(=O)O[C@H](COC(=O)CCCCCCCCCCC(C)C)COP(=O)(O)OC[C@H](O)COP(=O)(O)OC[C@@H](COC(=O)CCCCCCCCCCCCCCCCC(C)C)OC(=O)CCCCCCCCCCCCCCCCC(C)CC. The number of hydrogen-bond donors (Lipinski definition) is 3. The lowest BCUT2D eigenvalue weighted by molar-refractivity contribution is -0.161. The molecule has 19 heteroatoms. The first-order chi connectivity index (χ1) is 48.8. The molecule has 0 amide bonds. The molecule has 0 bridgehead atoms. The smallest absolute Gasteiger partial charge is 0.462 e. The number of aliphatic hydroxyl groups is 1. The van der Waals surface area contributed by atoms with Gasteiger partial charge in [-0.15, -0.1) is 0 Å². The number of unbranched alkanes of at least 4 members (excludes halogenated alkanes) is 47. The molecule has 0 radical (unpaired) electrons. The standard InChI is InChI=1S/C82H160O17P2/c1-8-10-11-12-13-14-15-16-17-25-30-35-44-51-58-65-82(87)99-78(70-93-80(85)64-57-50-43-38-37-40-47-54-61-74(5)6)72-97-101(90,91)95-68-76(83)67-94-100(88,89)96-71-77(69-92-79(84)63-56-49-42-34-29-24-20-18-22-27-32-39-46-53-60-73(3)4)98-81(86)66-59-52-45-36-31-26-21-19-23-28-33-41-48-55-62-75(7)9-2/h73-78,83H,8-72H2,1-7H3,(H,88,89)(H,90,91)/t75?,76-,77-,78-/m1/s1. The normalized spacial score (nSPS) is 14.2. The van der Waals surface area contributed by atoms with Gasteiger partial charge in [-0.2, -0.15) is 0 Å². The van der Waals surface area contributed by atoms with Gasteiger partial charge in [-0.25, -0.2) is 9.13 Å². The predicted octanol–water partition coefficient (Wildman–Crippen LogP) is 24.5. The number of rotatable bonds is 80. The van der Waals surface area contributed by atoms with Crippen LogP contribution in [-0.2, 0) is 65.4 Å². The summed E-state index contributed by atoms with van der Waals surface area (Å²) < 4.78 is 68.8. The van der Waals surface area contributed by atoms with E-state index in [1.54, 1.807) is 0 Å². The summed E-state index contributed by atoms with van der Waals surface area (Å²) in [4.78, 5) is 73.1. The van der Waals surface area contributed by atoms with Crippen LogP contribution in [0.15, 0.2) is 0 Å². The van der Waals surface area contributed by atoms with Crippen LogP contribution < -0.4 is 0 Å². The van der Waals surface area contributed by atoms with E-state index in [2.05, 4.69) is 48.5 Å². The monoisotopic (exact) mass is 1480 g/mol. The molecule has 101 heavy (non-hydrogen) atoms. The van der Waals surface area contributed by atoms with Crippen molar-refractivity contribution in [2.75, 3.05) is 39.6 Å².